The van der Waals surface area contributed by atoms with Crippen LogP contribution in [0, 0.1) is 13.8 Å². The molecule has 2 aromatic rings. The number of carbonyl (C=O) groups excluding carboxylic acids is 2. The van der Waals surface area contributed by atoms with Crippen LogP contribution in [0.25, 0.3) is 0 Å². The SMILES string of the molecule is COc1cc(/C=N\NC(=O)CSc2nc(C)cc(C)n2)ccc1OCC(=O)N1C[C@@H](C)O[C@H](C)C1. The van der Waals surface area contributed by atoms with Crippen LogP contribution in [0.2, 0.25) is 0 Å². The highest BCUT2D eigenvalue weighted by atomic mass is 32.2. The number of nitrogens with zero attached hydrogens (tertiary/aromatic N) is 4. The molecule has 0 bridgehead atoms. The number of nitrogens with one attached hydrogen (secondary N) is 1. The van der Waals surface area contributed by atoms with Gasteiger partial charge in [-0.25, -0.2) is 15.4 Å². The Bertz CT molecular complexity index is 1050. The number of hydrogen-bond acceptors (Lipinski definition) is 9. The van der Waals surface area contributed by atoms with Crippen molar-refractivity contribution < 1.29 is 23.8 Å². The maximum Gasteiger partial charge on any atom is 0.260 e. The molecule has 1 aromatic heterocycles. The van der Waals surface area contributed by atoms with Crippen LogP contribution in [0.1, 0.15) is 30.8 Å². The monoisotopic (exact) mass is 501 g/mol. The summed E-state index contributed by atoms with van der Waals surface area (Å²) in [4.78, 5) is 35.0. The number of rotatable bonds is 9. The van der Waals surface area contributed by atoms with Crippen LogP contribution in [0.3, 0.4) is 0 Å². The standard InChI is InChI=1S/C24H31N5O5S/c1-15-8-16(2)27-24(26-15)35-14-22(30)28-25-10-19-6-7-20(21(9-19)32-5)33-13-23(31)29-11-17(3)34-18(4)12-29/h6-10,17-18H,11-14H2,1-5H3,(H,28,30)/b25-10-/t17-,18-/m1/s1. The topological polar surface area (TPSA) is 115 Å². The first-order chi connectivity index (χ1) is 16.7. The molecular weight excluding hydrogens is 470 g/mol. The summed E-state index contributed by atoms with van der Waals surface area (Å²) in [5, 5.41) is 4.55. The summed E-state index contributed by atoms with van der Waals surface area (Å²) in [5.41, 5.74) is 4.90. The molecule has 1 N–H and O–H groups in total. The number of thioether (sulfide) groups is 1. The average Bonchev–Trinajstić information content (AvgIpc) is 2.80. The second kappa shape index (κ2) is 12.5. The molecule has 0 spiro atoms. The molecule has 1 fully saturated rings. The molecule has 3 rings (SSSR count). The van der Waals surface area contributed by atoms with Gasteiger partial charge in [-0.1, -0.05) is 11.8 Å². The van der Waals surface area contributed by atoms with Gasteiger partial charge >= 0.3 is 0 Å². The van der Waals surface area contributed by atoms with E-state index in [0.29, 0.717) is 35.3 Å². The Balaban J connectivity index is 1.50. The van der Waals surface area contributed by atoms with E-state index >= 15 is 0 Å². The highest BCUT2D eigenvalue weighted by Crippen LogP contribution is 2.27. The van der Waals surface area contributed by atoms with E-state index in [1.54, 1.807) is 23.1 Å². The minimum Gasteiger partial charge on any atom is -0.493 e. The number of methoxy groups -OCH3 is 1. The Morgan fingerprint density at radius 3 is 2.51 bits per heavy atom. The molecule has 1 aliphatic rings. The van der Waals surface area contributed by atoms with Gasteiger partial charge < -0.3 is 19.1 Å². The van der Waals surface area contributed by atoms with Crippen LogP contribution < -0.4 is 14.9 Å². The van der Waals surface area contributed by atoms with Crippen LogP contribution in [0.15, 0.2) is 34.5 Å². The molecule has 2 heterocycles. The molecule has 10 nitrogen and oxygen atoms in total. The van der Waals surface area contributed by atoms with Crippen molar-refractivity contribution in [3.63, 3.8) is 0 Å². The molecule has 1 aliphatic heterocycles. The Morgan fingerprint density at radius 1 is 1.17 bits per heavy atom. The third-order valence-corrected chi connectivity index (χ3v) is 5.86. The van der Waals surface area contributed by atoms with Crippen molar-refractivity contribution in [3.05, 3.63) is 41.2 Å². The minimum absolute atomic E-state index is 0.00467. The molecular formula is C24H31N5O5S. The molecule has 2 amide bonds. The molecule has 2 atom stereocenters. The van der Waals surface area contributed by atoms with E-state index in [2.05, 4.69) is 20.5 Å². The summed E-state index contributed by atoms with van der Waals surface area (Å²) < 4.78 is 16.8. The molecule has 0 radical (unpaired) electrons. The van der Waals surface area contributed by atoms with E-state index in [4.69, 9.17) is 14.2 Å². The molecule has 0 unspecified atom stereocenters. The van der Waals surface area contributed by atoms with Gasteiger partial charge in [-0.05, 0) is 57.5 Å². The molecule has 0 saturated carbocycles. The number of hydrazone groups is 1. The fourth-order valence-corrected chi connectivity index (χ4v) is 4.34. The first-order valence-electron chi connectivity index (χ1n) is 11.2. The van der Waals surface area contributed by atoms with Gasteiger partial charge in [0.15, 0.2) is 23.3 Å². The zero-order chi connectivity index (χ0) is 25.4. The van der Waals surface area contributed by atoms with Crippen LogP contribution in [0.5, 0.6) is 11.5 Å². The lowest BCUT2D eigenvalue weighted by molar-refractivity contribution is -0.145. The van der Waals surface area contributed by atoms with Crippen LogP contribution in [-0.2, 0) is 14.3 Å². The Hall–Kier alpha value is -3.18. The molecule has 0 aliphatic carbocycles. The van der Waals surface area contributed by atoms with Crippen molar-refractivity contribution in [2.75, 3.05) is 32.6 Å². The predicted molar refractivity (Wildman–Crippen MR) is 133 cm³/mol. The molecule has 11 heteroatoms. The summed E-state index contributed by atoms with van der Waals surface area (Å²) >= 11 is 1.25. The summed E-state index contributed by atoms with van der Waals surface area (Å²) in [6.07, 6.45) is 1.49. The lowest BCUT2D eigenvalue weighted by Gasteiger charge is -2.35. The Morgan fingerprint density at radius 2 is 1.86 bits per heavy atom. The van der Waals surface area contributed by atoms with Crippen molar-refractivity contribution in [1.82, 2.24) is 20.3 Å². The van der Waals surface area contributed by atoms with E-state index in [1.165, 1.54) is 25.1 Å². The van der Waals surface area contributed by atoms with Crippen molar-refractivity contribution in [3.8, 4) is 11.5 Å². The lowest BCUT2D eigenvalue weighted by Crippen LogP contribution is -2.49. The van der Waals surface area contributed by atoms with Gasteiger partial charge in [-0.15, -0.1) is 0 Å². The van der Waals surface area contributed by atoms with E-state index in [-0.39, 0.29) is 36.4 Å². The molecule has 35 heavy (non-hydrogen) atoms. The normalized spacial score (nSPS) is 17.9. The van der Waals surface area contributed by atoms with Crippen molar-refractivity contribution >= 4 is 29.8 Å². The van der Waals surface area contributed by atoms with Gasteiger partial charge in [0.05, 0.1) is 31.3 Å². The maximum absolute atomic E-state index is 12.5. The van der Waals surface area contributed by atoms with Gasteiger partial charge in [0.2, 0.25) is 0 Å². The van der Waals surface area contributed by atoms with E-state index in [0.717, 1.165) is 11.4 Å². The van der Waals surface area contributed by atoms with Gasteiger partial charge in [-0.3, -0.25) is 9.59 Å². The highest BCUT2D eigenvalue weighted by molar-refractivity contribution is 7.99. The zero-order valence-corrected chi connectivity index (χ0v) is 21.4. The zero-order valence-electron chi connectivity index (χ0n) is 20.6. The quantitative estimate of drug-likeness (QED) is 0.241. The van der Waals surface area contributed by atoms with Crippen molar-refractivity contribution in [2.24, 2.45) is 5.10 Å². The van der Waals surface area contributed by atoms with E-state index < -0.39 is 0 Å². The largest absolute Gasteiger partial charge is 0.493 e. The summed E-state index contributed by atoms with van der Waals surface area (Å²) in [6, 6.07) is 7.05. The minimum atomic E-state index is -0.272. The smallest absolute Gasteiger partial charge is 0.260 e. The third kappa shape index (κ3) is 8.22. The number of carbonyl (C=O) groups is 2. The van der Waals surface area contributed by atoms with E-state index in [1.807, 2.05) is 33.8 Å². The lowest BCUT2D eigenvalue weighted by atomic mass is 10.2. The number of ether oxygens (including phenoxy) is 3. The predicted octanol–water partition coefficient (Wildman–Crippen LogP) is 2.36. The molecule has 1 saturated heterocycles. The summed E-state index contributed by atoms with van der Waals surface area (Å²) in [6.45, 7) is 8.65. The van der Waals surface area contributed by atoms with Gasteiger partial charge in [0.25, 0.3) is 11.8 Å². The number of aromatic nitrogens is 2. The number of aryl methyl sites for hydroxylation is 2. The van der Waals surface area contributed by atoms with Gasteiger partial charge in [0, 0.05) is 24.5 Å². The average molecular weight is 502 g/mol. The van der Waals surface area contributed by atoms with Gasteiger partial charge in [-0.2, -0.15) is 5.10 Å². The maximum atomic E-state index is 12.5. The third-order valence-electron chi connectivity index (χ3n) is 5.01. The fourth-order valence-electron chi connectivity index (χ4n) is 3.60. The Labute approximate surface area is 209 Å². The summed E-state index contributed by atoms with van der Waals surface area (Å²) in [7, 11) is 1.52. The van der Waals surface area contributed by atoms with Crippen molar-refractivity contribution in [2.45, 2.75) is 45.1 Å². The molecule has 1 aromatic carbocycles. The first-order valence-corrected chi connectivity index (χ1v) is 12.2. The fraction of sp³-hybridized carbons (Fsp3) is 0.458. The van der Waals surface area contributed by atoms with Crippen molar-refractivity contribution in [1.29, 1.82) is 0 Å². The Kier molecular flexibility index (Phi) is 9.44. The number of morpholine rings is 1. The molecule has 188 valence electrons. The van der Waals surface area contributed by atoms with E-state index in [9.17, 15) is 9.59 Å². The number of benzene rings is 1. The second-order valence-corrected chi connectivity index (χ2v) is 9.21. The number of hydrogen-bond donors (Lipinski definition) is 1. The second-order valence-electron chi connectivity index (χ2n) is 8.27. The number of amides is 2. The van der Waals surface area contributed by atoms with Crippen LogP contribution >= 0.6 is 11.8 Å². The van der Waals surface area contributed by atoms with Gasteiger partial charge in [0.1, 0.15) is 0 Å². The highest BCUT2D eigenvalue weighted by Gasteiger charge is 2.26. The van der Waals surface area contributed by atoms with Crippen LogP contribution in [0.4, 0.5) is 0 Å². The first kappa shape index (κ1) is 26.4. The van der Waals surface area contributed by atoms with Crippen LogP contribution in [-0.4, -0.2) is 77.7 Å². The summed E-state index contributed by atoms with van der Waals surface area (Å²) in [5.74, 6) is 0.670.